The van der Waals surface area contributed by atoms with Gasteiger partial charge in [-0.15, -0.1) is 0 Å². The highest BCUT2D eigenvalue weighted by molar-refractivity contribution is 5.80. The van der Waals surface area contributed by atoms with Crippen LogP contribution in [0.15, 0.2) is 5.11 Å². The van der Waals surface area contributed by atoms with Crippen LogP contribution < -0.4 is 0 Å². The van der Waals surface area contributed by atoms with Crippen LogP contribution in [-0.2, 0) is 9.59 Å². The predicted molar refractivity (Wildman–Crippen MR) is 62.0 cm³/mol. The van der Waals surface area contributed by atoms with Crippen LogP contribution in [0.4, 0.5) is 0 Å². The summed E-state index contributed by atoms with van der Waals surface area (Å²) < 4.78 is 0. The molecule has 16 heavy (non-hydrogen) atoms. The average Bonchev–Trinajstić information content (AvgIpc) is 2.23. The van der Waals surface area contributed by atoms with Gasteiger partial charge in [0.2, 0.25) is 0 Å². The fourth-order valence-electron chi connectivity index (χ4n) is 1.45. The minimum atomic E-state index is 0.119. The summed E-state index contributed by atoms with van der Waals surface area (Å²) in [5.74, 6) is 0.413. The lowest BCUT2D eigenvalue weighted by molar-refractivity contribution is -0.120. The lowest BCUT2D eigenvalue weighted by Crippen LogP contribution is -2.10. The molecule has 0 radical (unpaired) electrons. The summed E-state index contributed by atoms with van der Waals surface area (Å²) in [6.45, 7) is 3.88. The van der Waals surface area contributed by atoms with E-state index in [1.54, 1.807) is 0 Å². The number of nitrogens with zero attached hydrogens (tertiary/aromatic N) is 3. The van der Waals surface area contributed by atoms with E-state index in [-0.39, 0.29) is 17.5 Å². The standard InChI is InChI=1S/C11H19N3O2/c1-3-10(8-13-14-12)7-11(16)6-4-5-9(2)15/h10H,3-8H2,1-2H3. The predicted octanol–water partition coefficient (Wildman–Crippen LogP) is 3.04. The molecular formula is C11H19N3O2. The van der Waals surface area contributed by atoms with Crippen molar-refractivity contribution in [1.82, 2.24) is 0 Å². The minimum Gasteiger partial charge on any atom is -0.300 e. The van der Waals surface area contributed by atoms with E-state index in [1.165, 1.54) is 6.92 Å². The molecule has 90 valence electrons. The fourth-order valence-corrected chi connectivity index (χ4v) is 1.45. The number of rotatable bonds is 9. The van der Waals surface area contributed by atoms with Crippen molar-refractivity contribution in [2.45, 2.75) is 46.0 Å². The Balaban J connectivity index is 3.82. The molecule has 0 aromatic heterocycles. The van der Waals surface area contributed by atoms with Gasteiger partial charge in [0, 0.05) is 30.7 Å². The third kappa shape index (κ3) is 8.00. The Morgan fingerprint density at radius 3 is 2.56 bits per heavy atom. The maximum Gasteiger partial charge on any atom is 0.133 e. The van der Waals surface area contributed by atoms with Gasteiger partial charge in [0.1, 0.15) is 11.6 Å². The largest absolute Gasteiger partial charge is 0.300 e. The summed E-state index contributed by atoms with van der Waals surface area (Å²) in [6.07, 6.45) is 2.84. The smallest absolute Gasteiger partial charge is 0.133 e. The van der Waals surface area contributed by atoms with Crippen LogP contribution in [0, 0.1) is 5.92 Å². The molecule has 0 aromatic carbocycles. The monoisotopic (exact) mass is 225 g/mol. The van der Waals surface area contributed by atoms with E-state index < -0.39 is 0 Å². The number of hydrogen-bond donors (Lipinski definition) is 0. The van der Waals surface area contributed by atoms with Crippen molar-refractivity contribution >= 4 is 11.6 Å². The van der Waals surface area contributed by atoms with E-state index in [2.05, 4.69) is 10.0 Å². The zero-order chi connectivity index (χ0) is 12.4. The highest BCUT2D eigenvalue weighted by atomic mass is 16.1. The van der Waals surface area contributed by atoms with Crippen molar-refractivity contribution in [3.63, 3.8) is 0 Å². The van der Waals surface area contributed by atoms with Crippen LogP contribution in [0.1, 0.15) is 46.0 Å². The summed E-state index contributed by atoms with van der Waals surface area (Å²) in [5.41, 5.74) is 8.18. The molecule has 5 nitrogen and oxygen atoms in total. The summed E-state index contributed by atoms with van der Waals surface area (Å²) in [5, 5.41) is 3.48. The highest BCUT2D eigenvalue weighted by Crippen LogP contribution is 2.12. The fraction of sp³-hybridized carbons (Fsp3) is 0.818. The summed E-state index contributed by atoms with van der Waals surface area (Å²) >= 11 is 0. The Hall–Kier alpha value is -1.35. The molecule has 0 N–H and O–H groups in total. The first kappa shape index (κ1) is 14.6. The Labute approximate surface area is 95.8 Å². The highest BCUT2D eigenvalue weighted by Gasteiger charge is 2.11. The van der Waals surface area contributed by atoms with E-state index in [9.17, 15) is 9.59 Å². The molecule has 0 aliphatic heterocycles. The van der Waals surface area contributed by atoms with Gasteiger partial charge in [-0.25, -0.2) is 0 Å². The Kier molecular flexibility index (Phi) is 8.17. The first-order valence-corrected chi connectivity index (χ1v) is 5.62. The summed E-state index contributed by atoms with van der Waals surface area (Å²) in [6, 6.07) is 0. The van der Waals surface area contributed by atoms with Gasteiger partial charge in [-0.3, -0.25) is 4.79 Å². The first-order valence-electron chi connectivity index (χ1n) is 5.62. The van der Waals surface area contributed by atoms with Gasteiger partial charge >= 0.3 is 0 Å². The minimum absolute atomic E-state index is 0.119. The molecule has 0 heterocycles. The van der Waals surface area contributed by atoms with E-state index in [0.29, 0.717) is 32.2 Å². The van der Waals surface area contributed by atoms with Crippen molar-refractivity contribution in [3.8, 4) is 0 Å². The number of Topliss-reactive ketones (excluding diaryl/α,β-unsaturated/α-hetero) is 2. The number of carbonyl (C=O) groups excluding carboxylic acids is 2. The maximum atomic E-state index is 11.5. The van der Waals surface area contributed by atoms with Gasteiger partial charge in [0.25, 0.3) is 0 Å². The molecule has 0 saturated heterocycles. The van der Waals surface area contributed by atoms with Gasteiger partial charge in [0.05, 0.1) is 0 Å². The number of carbonyl (C=O) groups is 2. The molecule has 0 saturated carbocycles. The molecule has 0 fully saturated rings. The van der Waals surface area contributed by atoms with Crippen molar-refractivity contribution < 1.29 is 9.59 Å². The van der Waals surface area contributed by atoms with E-state index in [0.717, 1.165) is 6.42 Å². The molecule has 1 unspecified atom stereocenters. The van der Waals surface area contributed by atoms with Crippen molar-refractivity contribution in [1.29, 1.82) is 0 Å². The van der Waals surface area contributed by atoms with Gasteiger partial charge in [-0.2, -0.15) is 0 Å². The van der Waals surface area contributed by atoms with Crippen molar-refractivity contribution in [2.24, 2.45) is 11.0 Å². The van der Waals surface area contributed by atoms with E-state index >= 15 is 0 Å². The lowest BCUT2D eigenvalue weighted by atomic mass is 9.97. The van der Waals surface area contributed by atoms with Crippen molar-refractivity contribution in [3.05, 3.63) is 10.4 Å². The number of azide groups is 1. The Morgan fingerprint density at radius 2 is 2.06 bits per heavy atom. The van der Waals surface area contributed by atoms with Gasteiger partial charge in [-0.05, 0) is 24.8 Å². The second-order valence-corrected chi connectivity index (χ2v) is 3.99. The summed E-state index contributed by atoms with van der Waals surface area (Å²) in [7, 11) is 0. The van der Waals surface area contributed by atoms with E-state index in [1.807, 2.05) is 6.92 Å². The molecular weight excluding hydrogens is 206 g/mol. The third-order valence-corrected chi connectivity index (χ3v) is 2.48. The second kappa shape index (κ2) is 8.92. The molecule has 5 heteroatoms. The molecule has 0 aromatic rings. The van der Waals surface area contributed by atoms with Crippen LogP contribution in [0.25, 0.3) is 10.4 Å². The van der Waals surface area contributed by atoms with E-state index in [4.69, 9.17) is 5.53 Å². The molecule has 1 atom stereocenters. The zero-order valence-corrected chi connectivity index (χ0v) is 9.98. The summed E-state index contributed by atoms with van der Waals surface area (Å²) in [4.78, 5) is 24.9. The topological polar surface area (TPSA) is 82.9 Å². The molecule has 0 amide bonds. The van der Waals surface area contributed by atoms with Crippen LogP contribution in [-0.4, -0.2) is 18.1 Å². The van der Waals surface area contributed by atoms with Gasteiger partial charge in [-0.1, -0.05) is 18.5 Å². The van der Waals surface area contributed by atoms with Gasteiger partial charge in [0.15, 0.2) is 0 Å². The molecule has 0 bridgehead atoms. The molecule has 0 spiro atoms. The molecule has 0 rings (SSSR count). The molecule has 0 aliphatic carbocycles. The van der Waals surface area contributed by atoms with Crippen LogP contribution in [0.2, 0.25) is 0 Å². The van der Waals surface area contributed by atoms with Crippen molar-refractivity contribution in [2.75, 3.05) is 6.54 Å². The molecule has 0 aliphatic rings. The maximum absolute atomic E-state index is 11.5. The lowest BCUT2D eigenvalue weighted by Gasteiger charge is -2.10. The van der Waals surface area contributed by atoms with Crippen LogP contribution >= 0.6 is 0 Å². The first-order chi connectivity index (χ1) is 7.60. The van der Waals surface area contributed by atoms with Crippen LogP contribution in [0.3, 0.4) is 0 Å². The average molecular weight is 225 g/mol. The Morgan fingerprint density at radius 1 is 1.38 bits per heavy atom. The Bertz CT molecular complexity index is 283. The second-order valence-electron chi connectivity index (χ2n) is 3.99. The quantitative estimate of drug-likeness (QED) is 0.343. The number of ketones is 2. The van der Waals surface area contributed by atoms with Crippen LogP contribution in [0.5, 0.6) is 0 Å². The number of hydrogen-bond acceptors (Lipinski definition) is 3. The zero-order valence-electron chi connectivity index (χ0n) is 9.98. The normalized spacial score (nSPS) is 11.6. The van der Waals surface area contributed by atoms with Gasteiger partial charge < -0.3 is 4.79 Å². The SMILES string of the molecule is CCC(CN=[N+]=[N-])CC(=O)CCCC(C)=O. The third-order valence-electron chi connectivity index (χ3n) is 2.48.